The summed E-state index contributed by atoms with van der Waals surface area (Å²) in [5, 5.41) is 11.5. The number of amides is 1. The fraction of sp³-hybridized carbons (Fsp3) is 0. The number of carbonyl (C=O) groups excluding carboxylic acids is 2. The van der Waals surface area contributed by atoms with Crippen molar-refractivity contribution in [2.45, 2.75) is 0 Å². The van der Waals surface area contributed by atoms with Crippen LogP contribution in [0.15, 0.2) is 18.2 Å². The lowest BCUT2D eigenvalue weighted by Gasteiger charge is -1.93. The number of anilines is 1. The standard InChI is InChI=1S/C8H3FN3O2/c9-4-1-2-5-6(3-4)12(11-10)8(14)7(5)13/h1-3H/q+1. The first-order valence-electron chi connectivity index (χ1n) is 3.68. The zero-order chi connectivity index (χ0) is 10.3. The average Bonchev–Trinajstić information content (AvgIpc) is 2.39. The van der Waals surface area contributed by atoms with Crippen LogP contribution < -0.4 is 5.01 Å². The van der Waals surface area contributed by atoms with E-state index < -0.39 is 17.5 Å². The Morgan fingerprint density at radius 1 is 1.36 bits per heavy atom. The number of carbonyl (C=O) groups is 2. The SMILES string of the molecule is N#[N+]N1C(=O)C(=O)c2ccc(F)cc21. The van der Waals surface area contributed by atoms with Crippen molar-refractivity contribution in [3.8, 4) is 0 Å². The quantitative estimate of drug-likeness (QED) is 0.457. The lowest BCUT2D eigenvalue weighted by molar-refractivity contribution is -0.113. The van der Waals surface area contributed by atoms with Crippen molar-refractivity contribution in [2.24, 2.45) is 0 Å². The summed E-state index contributed by atoms with van der Waals surface area (Å²) in [5.74, 6) is -2.41. The summed E-state index contributed by atoms with van der Waals surface area (Å²) in [5.41, 5.74) is -0.00306. The molecule has 1 aliphatic heterocycles. The van der Waals surface area contributed by atoms with E-state index in [9.17, 15) is 14.0 Å². The number of hydrogen-bond donors (Lipinski definition) is 0. The van der Waals surface area contributed by atoms with E-state index in [1.807, 2.05) is 0 Å². The minimum Gasteiger partial charge on any atom is -0.283 e. The fourth-order valence-electron chi connectivity index (χ4n) is 1.28. The lowest BCUT2D eigenvalue weighted by Crippen LogP contribution is -2.22. The molecule has 0 unspecified atom stereocenters. The Morgan fingerprint density at radius 3 is 2.71 bits per heavy atom. The van der Waals surface area contributed by atoms with Crippen LogP contribution in [0.1, 0.15) is 10.4 Å². The first-order valence-corrected chi connectivity index (χ1v) is 3.68. The van der Waals surface area contributed by atoms with Gasteiger partial charge in [0.15, 0.2) is 0 Å². The Morgan fingerprint density at radius 2 is 2.07 bits per heavy atom. The number of Topliss-reactive ketones (excluding diaryl/α,β-unsaturated/α-hetero) is 1. The molecular formula is C8H3FN3O2+. The van der Waals surface area contributed by atoms with Gasteiger partial charge in [-0.05, 0) is 12.1 Å². The van der Waals surface area contributed by atoms with Crippen molar-refractivity contribution in [1.82, 2.24) is 0 Å². The van der Waals surface area contributed by atoms with Gasteiger partial charge in [0.05, 0.1) is 10.6 Å². The third-order valence-electron chi connectivity index (χ3n) is 1.91. The highest BCUT2D eigenvalue weighted by molar-refractivity contribution is 6.52. The molecule has 1 aliphatic rings. The van der Waals surface area contributed by atoms with E-state index >= 15 is 0 Å². The summed E-state index contributed by atoms with van der Waals surface area (Å²) in [6, 6.07) is 3.19. The molecular weight excluding hydrogens is 189 g/mol. The van der Waals surface area contributed by atoms with E-state index in [0.717, 1.165) is 12.1 Å². The molecule has 0 aromatic heterocycles. The minimum atomic E-state index is -0.992. The van der Waals surface area contributed by atoms with Crippen LogP contribution in [-0.2, 0) is 4.79 Å². The first kappa shape index (κ1) is 8.31. The summed E-state index contributed by atoms with van der Waals surface area (Å²) in [4.78, 5) is 22.3. The molecule has 0 bridgehead atoms. The second-order valence-corrected chi connectivity index (χ2v) is 2.70. The molecule has 1 heterocycles. The summed E-state index contributed by atoms with van der Waals surface area (Å²) in [6.45, 7) is 0. The molecule has 0 N–H and O–H groups in total. The molecule has 14 heavy (non-hydrogen) atoms. The predicted octanol–water partition coefficient (Wildman–Crippen LogP) is 1.12. The predicted molar refractivity (Wildman–Crippen MR) is 43.3 cm³/mol. The Kier molecular flexibility index (Phi) is 1.54. The van der Waals surface area contributed by atoms with Crippen LogP contribution in [0, 0.1) is 11.2 Å². The topological polar surface area (TPSA) is 65.5 Å². The van der Waals surface area contributed by atoms with Crippen LogP contribution in [0.5, 0.6) is 0 Å². The molecule has 2 rings (SSSR count). The van der Waals surface area contributed by atoms with Crippen LogP contribution in [0.4, 0.5) is 10.1 Å². The molecule has 1 amide bonds. The number of rotatable bonds is 0. The summed E-state index contributed by atoms with van der Waals surface area (Å²) in [6.07, 6.45) is 0. The highest BCUT2D eigenvalue weighted by atomic mass is 19.1. The summed E-state index contributed by atoms with van der Waals surface area (Å²) < 4.78 is 12.8. The zero-order valence-electron chi connectivity index (χ0n) is 6.77. The summed E-state index contributed by atoms with van der Waals surface area (Å²) >= 11 is 0. The molecule has 0 atom stereocenters. The maximum absolute atomic E-state index is 12.8. The van der Waals surface area contributed by atoms with E-state index in [0.29, 0.717) is 5.01 Å². The molecule has 1 aromatic rings. The number of ketones is 1. The molecule has 0 fully saturated rings. The third-order valence-corrected chi connectivity index (χ3v) is 1.91. The van der Waals surface area contributed by atoms with Gasteiger partial charge < -0.3 is 0 Å². The maximum atomic E-state index is 12.8. The number of fused-ring (bicyclic) bond motifs is 1. The third kappa shape index (κ3) is 0.894. The van der Waals surface area contributed by atoms with Crippen LogP contribution >= 0.6 is 0 Å². The van der Waals surface area contributed by atoms with Crippen molar-refractivity contribution in [3.05, 3.63) is 34.7 Å². The van der Waals surface area contributed by atoms with Crippen LogP contribution in [0.3, 0.4) is 0 Å². The van der Waals surface area contributed by atoms with Gasteiger partial charge >= 0.3 is 11.0 Å². The maximum Gasteiger partial charge on any atom is 0.375 e. The fourth-order valence-corrected chi connectivity index (χ4v) is 1.28. The van der Waals surface area contributed by atoms with Gasteiger partial charge in [-0.3, -0.25) is 9.59 Å². The monoisotopic (exact) mass is 192 g/mol. The van der Waals surface area contributed by atoms with E-state index in [1.54, 1.807) is 0 Å². The average molecular weight is 192 g/mol. The molecule has 0 saturated carbocycles. The first-order chi connectivity index (χ1) is 6.65. The lowest BCUT2D eigenvalue weighted by atomic mass is 10.1. The van der Waals surface area contributed by atoms with Crippen molar-refractivity contribution < 1.29 is 14.0 Å². The van der Waals surface area contributed by atoms with Crippen LogP contribution in [-0.4, -0.2) is 11.7 Å². The van der Waals surface area contributed by atoms with Gasteiger partial charge in [0.2, 0.25) is 0 Å². The van der Waals surface area contributed by atoms with Crippen molar-refractivity contribution in [2.75, 3.05) is 5.01 Å². The van der Waals surface area contributed by atoms with Gasteiger partial charge in [0.25, 0.3) is 11.2 Å². The van der Waals surface area contributed by atoms with Gasteiger partial charge in [-0.1, -0.05) is 0 Å². The second-order valence-electron chi connectivity index (χ2n) is 2.70. The number of benzene rings is 1. The van der Waals surface area contributed by atoms with Gasteiger partial charge in [-0.2, -0.15) is 0 Å². The molecule has 68 valence electrons. The molecule has 0 aliphatic carbocycles. The van der Waals surface area contributed by atoms with E-state index in [1.165, 1.54) is 6.07 Å². The number of diazo groups is 1. The van der Waals surface area contributed by atoms with Crippen LogP contribution in [0.25, 0.3) is 5.08 Å². The van der Waals surface area contributed by atoms with E-state index in [-0.39, 0.29) is 11.3 Å². The smallest absolute Gasteiger partial charge is 0.283 e. The highest BCUT2D eigenvalue weighted by Gasteiger charge is 2.44. The molecule has 5 nitrogen and oxygen atoms in total. The Balaban J connectivity index is 2.69. The van der Waals surface area contributed by atoms with E-state index in [4.69, 9.17) is 5.39 Å². The van der Waals surface area contributed by atoms with Gasteiger partial charge in [-0.25, -0.2) is 4.39 Å². The van der Waals surface area contributed by atoms with Crippen molar-refractivity contribution >= 4 is 17.4 Å². The number of hydrogen-bond acceptors (Lipinski definition) is 3. The Labute approximate surface area is 77.3 Å². The molecule has 0 spiro atoms. The normalized spacial score (nSPS) is 14.1. The Bertz CT molecular complexity index is 492. The molecule has 0 saturated heterocycles. The molecule has 1 aromatic carbocycles. The van der Waals surface area contributed by atoms with Gasteiger partial charge in [0.1, 0.15) is 11.5 Å². The largest absolute Gasteiger partial charge is 0.375 e. The van der Waals surface area contributed by atoms with Gasteiger partial charge in [0, 0.05) is 6.07 Å². The summed E-state index contributed by atoms with van der Waals surface area (Å²) in [7, 11) is 0. The van der Waals surface area contributed by atoms with Gasteiger partial charge in [-0.15, -0.1) is 0 Å². The van der Waals surface area contributed by atoms with Crippen molar-refractivity contribution in [1.29, 1.82) is 5.39 Å². The minimum absolute atomic E-state index is 0.0363. The Hall–Kier alpha value is -2.29. The second kappa shape index (κ2) is 2.60. The van der Waals surface area contributed by atoms with Crippen LogP contribution in [0.2, 0.25) is 0 Å². The highest BCUT2D eigenvalue weighted by Crippen LogP contribution is 2.29. The molecule has 6 heteroatoms. The van der Waals surface area contributed by atoms with E-state index in [2.05, 4.69) is 5.08 Å². The number of nitrogens with zero attached hydrogens (tertiary/aromatic N) is 3. The molecule has 0 radical (unpaired) electrons. The van der Waals surface area contributed by atoms with Crippen molar-refractivity contribution in [3.63, 3.8) is 0 Å². The number of halogens is 1. The zero-order valence-corrected chi connectivity index (χ0v) is 6.77.